The fourth-order valence-corrected chi connectivity index (χ4v) is 2.81. The molecule has 0 fully saturated rings. The van der Waals surface area contributed by atoms with Crippen LogP contribution in [0.4, 0.5) is 11.4 Å². The zero-order chi connectivity index (χ0) is 17.5. The van der Waals surface area contributed by atoms with E-state index in [1.54, 1.807) is 0 Å². The highest BCUT2D eigenvalue weighted by molar-refractivity contribution is 9.10. The summed E-state index contributed by atoms with van der Waals surface area (Å²) < 4.78 is 0.952. The van der Waals surface area contributed by atoms with Crippen LogP contribution in [0.25, 0.3) is 0 Å². The van der Waals surface area contributed by atoms with Gasteiger partial charge in [0.1, 0.15) is 0 Å². The maximum Gasteiger partial charge on any atom is 0.238 e. The number of likely N-dealkylation sites (N-methyl/N-ethyl adjacent to an activating group) is 1. The predicted octanol–water partition coefficient (Wildman–Crippen LogP) is 3.98. The Labute approximate surface area is 152 Å². The van der Waals surface area contributed by atoms with Crippen molar-refractivity contribution < 1.29 is 4.79 Å². The van der Waals surface area contributed by atoms with Crippen molar-refractivity contribution in [3.63, 3.8) is 0 Å². The minimum absolute atomic E-state index is 0.000128. The lowest BCUT2D eigenvalue weighted by molar-refractivity contribution is -0.117. The first-order chi connectivity index (χ1) is 11.5. The molecule has 1 amide bonds. The number of hydrogen-bond acceptors (Lipinski definition) is 3. The van der Waals surface area contributed by atoms with Crippen molar-refractivity contribution >= 4 is 33.2 Å². The Morgan fingerprint density at radius 2 is 1.83 bits per heavy atom. The molecule has 1 N–H and O–H groups in total. The van der Waals surface area contributed by atoms with E-state index in [9.17, 15) is 4.79 Å². The minimum atomic E-state index is -0.000128. The van der Waals surface area contributed by atoms with Crippen LogP contribution in [0.1, 0.15) is 12.5 Å². The zero-order valence-electron chi connectivity index (χ0n) is 14.4. The van der Waals surface area contributed by atoms with Gasteiger partial charge < -0.3 is 10.2 Å². The molecule has 0 unspecified atom stereocenters. The standard InChI is InChI=1S/C19H24BrN3O/c1-4-23(13-15-8-10-18(11-9-15)22(2)3)14-19(24)21-17-7-5-6-16(20)12-17/h5-12H,4,13-14H2,1-3H3,(H,21,24). The van der Waals surface area contributed by atoms with E-state index in [4.69, 9.17) is 0 Å². The second-order valence-corrected chi connectivity index (χ2v) is 6.84. The number of nitrogens with zero attached hydrogens (tertiary/aromatic N) is 2. The van der Waals surface area contributed by atoms with Crippen molar-refractivity contribution in [2.75, 3.05) is 37.4 Å². The second-order valence-electron chi connectivity index (χ2n) is 5.92. The van der Waals surface area contributed by atoms with Crippen molar-refractivity contribution in [2.24, 2.45) is 0 Å². The monoisotopic (exact) mass is 389 g/mol. The molecule has 0 saturated heterocycles. The number of benzene rings is 2. The molecule has 2 aromatic rings. The topological polar surface area (TPSA) is 35.6 Å². The molecule has 0 aliphatic carbocycles. The summed E-state index contributed by atoms with van der Waals surface area (Å²) in [6, 6.07) is 16.1. The molecule has 0 saturated carbocycles. The van der Waals surface area contributed by atoms with Gasteiger partial charge in [-0.1, -0.05) is 41.1 Å². The van der Waals surface area contributed by atoms with Gasteiger partial charge in [-0.25, -0.2) is 0 Å². The van der Waals surface area contributed by atoms with E-state index in [1.165, 1.54) is 11.3 Å². The molecule has 2 aromatic carbocycles. The Morgan fingerprint density at radius 1 is 1.12 bits per heavy atom. The molecule has 0 spiro atoms. The largest absolute Gasteiger partial charge is 0.378 e. The Kier molecular flexibility index (Phi) is 6.82. The first-order valence-corrected chi connectivity index (χ1v) is 8.81. The lowest BCUT2D eigenvalue weighted by Crippen LogP contribution is -2.32. The van der Waals surface area contributed by atoms with E-state index in [1.807, 2.05) is 38.4 Å². The summed E-state index contributed by atoms with van der Waals surface area (Å²) in [5, 5.41) is 2.94. The molecule has 5 heteroatoms. The summed E-state index contributed by atoms with van der Waals surface area (Å²) in [5.41, 5.74) is 3.19. The van der Waals surface area contributed by atoms with Crippen LogP contribution in [-0.2, 0) is 11.3 Å². The Hall–Kier alpha value is -1.85. The van der Waals surface area contributed by atoms with Gasteiger partial charge in [0.25, 0.3) is 0 Å². The highest BCUT2D eigenvalue weighted by Gasteiger charge is 2.10. The van der Waals surface area contributed by atoms with Gasteiger partial charge in [-0.3, -0.25) is 9.69 Å². The van der Waals surface area contributed by atoms with E-state index in [2.05, 4.69) is 62.2 Å². The summed E-state index contributed by atoms with van der Waals surface area (Å²) in [6.45, 7) is 4.02. The molecule has 0 aromatic heterocycles. The van der Waals surface area contributed by atoms with Crippen molar-refractivity contribution in [1.29, 1.82) is 0 Å². The van der Waals surface area contributed by atoms with Crippen molar-refractivity contribution in [3.05, 3.63) is 58.6 Å². The van der Waals surface area contributed by atoms with Gasteiger partial charge in [0.15, 0.2) is 0 Å². The van der Waals surface area contributed by atoms with Crippen LogP contribution in [0.3, 0.4) is 0 Å². The van der Waals surface area contributed by atoms with Crippen LogP contribution in [0, 0.1) is 0 Å². The number of hydrogen-bond donors (Lipinski definition) is 1. The molecule has 128 valence electrons. The highest BCUT2D eigenvalue weighted by Crippen LogP contribution is 2.16. The van der Waals surface area contributed by atoms with E-state index in [0.29, 0.717) is 6.54 Å². The fourth-order valence-electron chi connectivity index (χ4n) is 2.41. The van der Waals surface area contributed by atoms with E-state index < -0.39 is 0 Å². The number of carbonyl (C=O) groups is 1. The number of halogens is 1. The summed E-state index contributed by atoms with van der Waals surface area (Å²) >= 11 is 3.41. The number of nitrogens with one attached hydrogen (secondary N) is 1. The molecule has 0 radical (unpaired) electrons. The average molecular weight is 390 g/mol. The van der Waals surface area contributed by atoms with Gasteiger partial charge in [0.2, 0.25) is 5.91 Å². The molecule has 0 heterocycles. The second kappa shape index (κ2) is 8.85. The normalized spacial score (nSPS) is 10.7. The molecule has 2 rings (SSSR count). The zero-order valence-corrected chi connectivity index (χ0v) is 16.0. The van der Waals surface area contributed by atoms with Gasteiger partial charge in [-0.2, -0.15) is 0 Å². The molecule has 4 nitrogen and oxygen atoms in total. The first kappa shape index (κ1) is 18.5. The van der Waals surface area contributed by atoms with Crippen LogP contribution in [0.2, 0.25) is 0 Å². The SMILES string of the molecule is CCN(CC(=O)Nc1cccc(Br)c1)Cc1ccc(N(C)C)cc1. The molecule has 0 atom stereocenters. The fraction of sp³-hybridized carbons (Fsp3) is 0.316. The van der Waals surface area contributed by atoms with Crippen molar-refractivity contribution in [3.8, 4) is 0 Å². The molecule has 24 heavy (non-hydrogen) atoms. The Balaban J connectivity index is 1.92. The highest BCUT2D eigenvalue weighted by atomic mass is 79.9. The summed E-state index contributed by atoms with van der Waals surface area (Å²) in [7, 11) is 4.05. The quantitative estimate of drug-likeness (QED) is 0.777. The molecular formula is C19H24BrN3O. The lowest BCUT2D eigenvalue weighted by atomic mass is 10.2. The summed E-state index contributed by atoms with van der Waals surface area (Å²) in [6.07, 6.45) is 0. The lowest BCUT2D eigenvalue weighted by Gasteiger charge is -2.20. The van der Waals surface area contributed by atoms with Crippen molar-refractivity contribution in [2.45, 2.75) is 13.5 Å². The van der Waals surface area contributed by atoms with E-state index >= 15 is 0 Å². The van der Waals surface area contributed by atoms with Crippen molar-refractivity contribution in [1.82, 2.24) is 4.90 Å². The third kappa shape index (κ3) is 5.65. The number of carbonyl (C=O) groups excluding carboxylic acids is 1. The third-order valence-corrected chi connectivity index (χ3v) is 4.27. The van der Waals surface area contributed by atoms with Crippen LogP contribution in [0.5, 0.6) is 0 Å². The number of anilines is 2. The van der Waals surface area contributed by atoms with Gasteiger partial charge in [-0.15, -0.1) is 0 Å². The van der Waals surface area contributed by atoms with Crippen LogP contribution in [-0.4, -0.2) is 38.0 Å². The van der Waals surface area contributed by atoms with Crippen LogP contribution in [0.15, 0.2) is 53.0 Å². The van der Waals surface area contributed by atoms with Crippen LogP contribution < -0.4 is 10.2 Å². The van der Waals surface area contributed by atoms with Gasteiger partial charge in [0.05, 0.1) is 6.54 Å². The minimum Gasteiger partial charge on any atom is -0.378 e. The van der Waals surface area contributed by atoms with Gasteiger partial charge in [0, 0.05) is 36.5 Å². The van der Waals surface area contributed by atoms with Crippen LogP contribution >= 0.6 is 15.9 Å². The maximum atomic E-state index is 12.3. The average Bonchev–Trinajstić information content (AvgIpc) is 2.54. The summed E-state index contributed by atoms with van der Waals surface area (Å²) in [5.74, 6) is -0.000128. The van der Waals surface area contributed by atoms with Gasteiger partial charge >= 0.3 is 0 Å². The number of rotatable bonds is 7. The molecular weight excluding hydrogens is 366 g/mol. The predicted molar refractivity (Wildman–Crippen MR) is 104 cm³/mol. The number of amides is 1. The first-order valence-electron chi connectivity index (χ1n) is 8.02. The maximum absolute atomic E-state index is 12.3. The Bertz CT molecular complexity index is 671. The molecule has 0 aliphatic rings. The summed E-state index contributed by atoms with van der Waals surface area (Å²) in [4.78, 5) is 16.5. The smallest absolute Gasteiger partial charge is 0.238 e. The van der Waals surface area contributed by atoms with Gasteiger partial charge in [-0.05, 0) is 42.4 Å². The third-order valence-electron chi connectivity index (χ3n) is 3.78. The molecule has 0 bridgehead atoms. The van der Waals surface area contributed by atoms with E-state index in [0.717, 1.165) is 23.2 Å². The molecule has 0 aliphatic heterocycles. The Morgan fingerprint density at radius 3 is 2.42 bits per heavy atom. The van der Waals surface area contributed by atoms with E-state index in [-0.39, 0.29) is 5.91 Å².